The second-order valence-electron chi connectivity index (χ2n) is 5.08. The van der Waals surface area contributed by atoms with Crippen LogP contribution in [0.2, 0.25) is 5.02 Å². The molecule has 1 aromatic rings. The van der Waals surface area contributed by atoms with Gasteiger partial charge in [0.2, 0.25) is 10.0 Å². The summed E-state index contributed by atoms with van der Waals surface area (Å²) >= 11 is 5.86. The predicted octanol–water partition coefficient (Wildman–Crippen LogP) is 2.54. The van der Waals surface area contributed by atoms with Gasteiger partial charge in [-0.2, -0.15) is 5.10 Å². The molecular formula is C14H18ClN3O3S. The first-order chi connectivity index (χ1) is 10.3. The van der Waals surface area contributed by atoms with E-state index in [9.17, 15) is 13.2 Å². The topological polar surface area (TPSA) is 70.0 Å². The number of amides is 2. The molecule has 1 aliphatic heterocycles. The number of carbonyl (C=O) groups is 1. The highest BCUT2D eigenvalue weighted by molar-refractivity contribution is 7.88. The Labute approximate surface area is 135 Å². The number of halogens is 1. The van der Waals surface area contributed by atoms with Crippen molar-refractivity contribution in [3.8, 4) is 0 Å². The van der Waals surface area contributed by atoms with Gasteiger partial charge in [0.15, 0.2) is 0 Å². The van der Waals surface area contributed by atoms with Crippen LogP contribution < -0.4 is 0 Å². The van der Waals surface area contributed by atoms with Crippen molar-refractivity contribution < 1.29 is 13.2 Å². The Balaban J connectivity index is 2.38. The van der Waals surface area contributed by atoms with E-state index in [1.165, 1.54) is 5.01 Å². The summed E-state index contributed by atoms with van der Waals surface area (Å²) in [6, 6.07) is 6.33. The Morgan fingerprint density at radius 2 is 1.91 bits per heavy atom. The number of hydrogen-bond acceptors (Lipinski definition) is 4. The first-order valence-corrected chi connectivity index (χ1v) is 9.18. The SMILES string of the molecule is CCCCN1N=C(c2ccc(Cl)cc2)CN(S(C)(=O)=O)C1=O. The zero-order chi connectivity index (χ0) is 16.3. The molecule has 1 heterocycles. The molecule has 0 fully saturated rings. The molecule has 0 aromatic heterocycles. The maximum Gasteiger partial charge on any atom is 0.354 e. The number of hydrazone groups is 1. The molecular weight excluding hydrogens is 326 g/mol. The number of sulfonamides is 1. The van der Waals surface area contributed by atoms with Crippen LogP contribution in [-0.4, -0.2) is 48.8 Å². The Hall–Kier alpha value is -1.60. The van der Waals surface area contributed by atoms with Gasteiger partial charge in [-0.25, -0.2) is 22.5 Å². The maximum atomic E-state index is 12.3. The van der Waals surface area contributed by atoms with Gasteiger partial charge >= 0.3 is 6.03 Å². The van der Waals surface area contributed by atoms with E-state index in [1.807, 2.05) is 6.92 Å². The van der Waals surface area contributed by atoms with Crippen molar-refractivity contribution >= 4 is 33.4 Å². The van der Waals surface area contributed by atoms with Crippen molar-refractivity contribution in [1.82, 2.24) is 9.31 Å². The standard InChI is InChI=1S/C14H18ClN3O3S/c1-3-4-9-17-14(19)18(22(2,20)21)10-13(16-17)11-5-7-12(15)8-6-11/h5-8H,3-4,9-10H2,1-2H3. The smallest absolute Gasteiger partial charge is 0.245 e. The summed E-state index contributed by atoms with van der Waals surface area (Å²) in [6.07, 6.45) is 2.66. The second-order valence-corrected chi connectivity index (χ2v) is 7.43. The molecule has 0 saturated carbocycles. The minimum absolute atomic E-state index is 0.0675. The van der Waals surface area contributed by atoms with Gasteiger partial charge in [-0.1, -0.05) is 37.1 Å². The zero-order valence-corrected chi connectivity index (χ0v) is 14.1. The van der Waals surface area contributed by atoms with E-state index in [4.69, 9.17) is 11.6 Å². The van der Waals surface area contributed by atoms with Gasteiger partial charge < -0.3 is 0 Å². The molecule has 0 spiro atoms. The van der Waals surface area contributed by atoms with Crippen LogP contribution in [0, 0.1) is 0 Å². The lowest BCUT2D eigenvalue weighted by molar-refractivity contribution is 0.177. The number of hydrogen-bond donors (Lipinski definition) is 0. The lowest BCUT2D eigenvalue weighted by Crippen LogP contribution is -2.50. The second kappa shape index (κ2) is 6.66. The average Bonchev–Trinajstić information content (AvgIpc) is 2.46. The largest absolute Gasteiger partial charge is 0.354 e. The van der Waals surface area contributed by atoms with Crippen LogP contribution in [0.1, 0.15) is 25.3 Å². The Kier molecular flexibility index (Phi) is 5.08. The van der Waals surface area contributed by atoms with Crippen LogP contribution in [0.3, 0.4) is 0 Å². The van der Waals surface area contributed by atoms with Crippen molar-refractivity contribution in [1.29, 1.82) is 0 Å². The Bertz CT molecular complexity index is 686. The minimum atomic E-state index is -3.65. The van der Waals surface area contributed by atoms with Gasteiger partial charge in [0.05, 0.1) is 18.5 Å². The van der Waals surface area contributed by atoms with E-state index in [2.05, 4.69) is 5.10 Å². The van der Waals surface area contributed by atoms with Crippen molar-refractivity contribution in [2.24, 2.45) is 5.10 Å². The van der Waals surface area contributed by atoms with Gasteiger partial charge in [-0.05, 0) is 24.1 Å². The van der Waals surface area contributed by atoms with Gasteiger partial charge in [-0.15, -0.1) is 0 Å². The zero-order valence-electron chi connectivity index (χ0n) is 12.5. The van der Waals surface area contributed by atoms with Gasteiger partial charge in [0.25, 0.3) is 0 Å². The highest BCUT2D eigenvalue weighted by Gasteiger charge is 2.33. The molecule has 2 rings (SSSR count). The Morgan fingerprint density at radius 3 is 2.45 bits per heavy atom. The lowest BCUT2D eigenvalue weighted by atomic mass is 10.1. The summed E-state index contributed by atoms with van der Waals surface area (Å²) in [7, 11) is -3.65. The van der Waals surface area contributed by atoms with Crippen molar-refractivity contribution in [3.63, 3.8) is 0 Å². The molecule has 8 heteroatoms. The summed E-state index contributed by atoms with van der Waals surface area (Å²) in [5.74, 6) is 0. The number of urea groups is 1. The fraction of sp³-hybridized carbons (Fsp3) is 0.429. The van der Waals surface area contributed by atoms with E-state index >= 15 is 0 Å². The molecule has 0 aliphatic carbocycles. The van der Waals surface area contributed by atoms with Crippen LogP contribution in [0.4, 0.5) is 4.79 Å². The number of carbonyl (C=O) groups excluding carboxylic acids is 1. The van der Waals surface area contributed by atoms with Crippen molar-refractivity contribution in [3.05, 3.63) is 34.9 Å². The van der Waals surface area contributed by atoms with Crippen LogP contribution in [0.15, 0.2) is 29.4 Å². The number of unbranched alkanes of at least 4 members (excludes halogenated alkanes) is 1. The van der Waals surface area contributed by atoms with Crippen LogP contribution >= 0.6 is 11.6 Å². The summed E-state index contributed by atoms with van der Waals surface area (Å²) in [5.41, 5.74) is 1.27. The highest BCUT2D eigenvalue weighted by Crippen LogP contribution is 2.18. The maximum absolute atomic E-state index is 12.3. The van der Waals surface area contributed by atoms with Gasteiger partial charge in [0, 0.05) is 11.6 Å². The third-order valence-corrected chi connectivity index (χ3v) is 4.61. The molecule has 0 N–H and O–H groups in total. The summed E-state index contributed by atoms with van der Waals surface area (Å²) in [6.45, 7) is 2.31. The molecule has 0 bridgehead atoms. The van der Waals surface area contributed by atoms with Crippen LogP contribution in [0.5, 0.6) is 0 Å². The van der Waals surface area contributed by atoms with Crippen molar-refractivity contribution in [2.75, 3.05) is 19.3 Å². The van der Waals surface area contributed by atoms with E-state index < -0.39 is 16.1 Å². The fourth-order valence-electron chi connectivity index (χ4n) is 2.06. The lowest BCUT2D eigenvalue weighted by Gasteiger charge is -2.31. The molecule has 2 amide bonds. The average molecular weight is 344 g/mol. The Morgan fingerprint density at radius 1 is 1.27 bits per heavy atom. The number of nitrogens with zero attached hydrogens (tertiary/aromatic N) is 3. The van der Waals surface area contributed by atoms with Gasteiger partial charge in [-0.3, -0.25) is 0 Å². The normalized spacial score (nSPS) is 16.0. The van der Waals surface area contributed by atoms with E-state index in [-0.39, 0.29) is 6.54 Å². The first-order valence-electron chi connectivity index (χ1n) is 6.95. The molecule has 120 valence electrons. The number of benzene rings is 1. The number of rotatable bonds is 5. The first kappa shape index (κ1) is 16.8. The van der Waals surface area contributed by atoms with Crippen LogP contribution in [0.25, 0.3) is 0 Å². The van der Waals surface area contributed by atoms with E-state index in [0.29, 0.717) is 17.3 Å². The summed E-state index contributed by atoms with van der Waals surface area (Å²) < 4.78 is 24.5. The predicted molar refractivity (Wildman–Crippen MR) is 86.5 cm³/mol. The molecule has 0 saturated heterocycles. The molecule has 0 unspecified atom stereocenters. The fourth-order valence-corrected chi connectivity index (χ4v) is 2.92. The minimum Gasteiger partial charge on any atom is -0.245 e. The van der Waals surface area contributed by atoms with Crippen molar-refractivity contribution in [2.45, 2.75) is 19.8 Å². The third-order valence-electron chi connectivity index (χ3n) is 3.27. The van der Waals surface area contributed by atoms with Crippen LogP contribution in [-0.2, 0) is 10.0 Å². The highest BCUT2D eigenvalue weighted by atomic mass is 35.5. The molecule has 1 aromatic carbocycles. The quantitative estimate of drug-likeness (QED) is 0.824. The molecule has 1 aliphatic rings. The molecule has 22 heavy (non-hydrogen) atoms. The van der Waals surface area contributed by atoms with Gasteiger partial charge in [0.1, 0.15) is 0 Å². The third kappa shape index (κ3) is 3.78. The van der Waals surface area contributed by atoms with E-state index in [0.717, 1.165) is 29.0 Å². The summed E-state index contributed by atoms with van der Waals surface area (Å²) in [4.78, 5) is 12.3. The molecule has 0 radical (unpaired) electrons. The monoisotopic (exact) mass is 343 g/mol. The summed E-state index contributed by atoms with van der Waals surface area (Å²) in [5, 5.41) is 6.12. The van der Waals surface area contributed by atoms with E-state index in [1.54, 1.807) is 24.3 Å². The molecule has 6 nitrogen and oxygen atoms in total. The molecule has 0 atom stereocenters.